The van der Waals surface area contributed by atoms with E-state index in [1.54, 1.807) is 0 Å². The molecule has 0 radical (unpaired) electrons. The highest BCUT2D eigenvalue weighted by Crippen LogP contribution is 2.32. The summed E-state index contributed by atoms with van der Waals surface area (Å²) in [6.07, 6.45) is 2.44. The van der Waals surface area contributed by atoms with E-state index in [1.165, 1.54) is 5.56 Å². The van der Waals surface area contributed by atoms with Crippen LogP contribution in [0.1, 0.15) is 24.8 Å². The first kappa shape index (κ1) is 17.9. The Morgan fingerprint density at radius 1 is 1.21 bits per heavy atom. The van der Waals surface area contributed by atoms with Gasteiger partial charge in [0.2, 0.25) is 5.91 Å². The zero-order chi connectivity index (χ0) is 16.8. The number of nitrogens with zero attached hydrogens (tertiary/aromatic N) is 1. The van der Waals surface area contributed by atoms with Crippen molar-refractivity contribution < 1.29 is 9.53 Å². The van der Waals surface area contributed by atoms with Crippen molar-refractivity contribution in [3.05, 3.63) is 34.3 Å². The van der Waals surface area contributed by atoms with Crippen molar-refractivity contribution in [2.75, 3.05) is 45.9 Å². The van der Waals surface area contributed by atoms with Gasteiger partial charge in [-0.25, -0.2) is 0 Å². The maximum Gasteiger partial charge on any atom is 0.223 e. The van der Waals surface area contributed by atoms with Gasteiger partial charge < -0.3 is 20.3 Å². The molecule has 1 aromatic carbocycles. The maximum absolute atomic E-state index is 12.4. The normalized spacial score (nSPS) is 20.8. The smallest absolute Gasteiger partial charge is 0.223 e. The highest BCUT2D eigenvalue weighted by molar-refractivity contribution is 9.10. The Hall–Kier alpha value is -0.950. The van der Waals surface area contributed by atoms with Gasteiger partial charge in [0, 0.05) is 62.4 Å². The third-order valence-corrected chi connectivity index (χ3v) is 5.54. The van der Waals surface area contributed by atoms with Gasteiger partial charge >= 0.3 is 0 Å². The van der Waals surface area contributed by atoms with Crippen LogP contribution < -0.4 is 10.6 Å². The van der Waals surface area contributed by atoms with Crippen LogP contribution in [0.2, 0.25) is 0 Å². The van der Waals surface area contributed by atoms with Crippen molar-refractivity contribution in [2.24, 2.45) is 0 Å². The number of nitrogens with one attached hydrogen (secondary N) is 2. The summed E-state index contributed by atoms with van der Waals surface area (Å²) in [5.74, 6) is 0.252. The number of halogens is 1. The molecule has 1 amide bonds. The van der Waals surface area contributed by atoms with E-state index in [0.717, 1.165) is 56.7 Å². The van der Waals surface area contributed by atoms with Gasteiger partial charge in [-0.1, -0.05) is 28.1 Å². The predicted molar refractivity (Wildman–Crippen MR) is 97.9 cm³/mol. The molecule has 2 N–H and O–H groups in total. The van der Waals surface area contributed by atoms with Crippen molar-refractivity contribution in [1.82, 2.24) is 15.5 Å². The van der Waals surface area contributed by atoms with Crippen molar-refractivity contribution in [3.8, 4) is 0 Å². The molecule has 0 saturated carbocycles. The summed E-state index contributed by atoms with van der Waals surface area (Å²) in [5, 5.41) is 6.96. The van der Waals surface area contributed by atoms with Crippen LogP contribution in [0.4, 0.5) is 0 Å². The summed E-state index contributed by atoms with van der Waals surface area (Å²) in [5.41, 5.74) is 1.20. The average Bonchev–Trinajstić information content (AvgIpc) is 2.63. The molecule has 0 aromatic heterocycles. The number of hydrogen-bond acceptors (Lipinski definition) is 4. The Morgan fingerprint density at radius 3 is 2.54 bits per heavy atom. The minimum atomic E-state index is -0.0807. The zero-order valence-electron chi connectivity index (χ0n) is 14.0. The Morgan fingerprint density at radius 2 is 1.88 bits per heavy atom. The first-order chi connectivity index (χ1) is 11.7. The van der Waals surface area contributed by atoms with Gasteiger partial charge in [-0.3, -0.25) is 4.79 Å². The van der Waals surface area contributed by atoms with E-state index in [9.17, 15) is 4.79 Å². The molecule has 0 atom stereocenters. The third-order valence-electron chi connectivity index (χ3n) is 5.02. The quantitative estimate of drug-likeness (QED) is 0.798. The van der Waals surface area contributed by atoms with Crippen LogP contribution in [0.3, 0.4) is 0 Å². The number of piperazine rings is 1. The summed E-state index contributed by atoms with van der Waals surface area (Å²) in [4.78, 5) is 14.3. The summed E-state index contributed by atoms with van der Waals surface area (Å²) >= 11 is 3.50. The number of benzene rings is 1. The van der Waals surface area contributed by atoms with Crippen LogP contribution in [-0.4, -0.2) is 56.7 Å². The van der Waals surface area contributed by atoms with Crippen LogP contribution >= 0.6 is 15.9 Å². The molecule has 2 saturated heterocycles. The molecule has 1 aromatic rings. The fourth-order valence-corrected chi connectivity index (χ4v) is 3.80. The SMILES string of the molecule is O=C(CCNC1(c2ccc(Br)cc2)CCOCC1)N1CCNCC1. The third kappa shape index (κ3) is 4.36. The molecular weight excluding hydrogens is 370 g/mol. The fourth-order valence-electron chi connectivity index (χ4n) is 3.54. The van der Waals surface area contributed by atoms with Gasteiger partial charge in [0.25, 0.3) is 0 Å². The molecule has 24 heavy (non-hydrogen) atoms. The van der Waals surface area contributed by atoms with Gasteiger partial charge in [0.05, 0.1) is 0 Å². The summed E-state index contributed by atoms with van der Waals surface area (Å²) in [7, 11) is 0. The average molecular weight is 396 g/mol. The minimum absolute atomic E-state index is 0.0807. The number of amides is 1. The molecule has 132 valence electrons. The molecule has 2 heterocycles. The lowest BCUT2D eigenvalue weighted by atomic mass is 9.82. The first-order valence-electron chi connectivity index (χ1n) is 8.77. The lowest BCUT2D eigenvalue weighted by Crippen LogP contribution is -2.49. The second-order valence-corrected chi connectivity index (χ2v) is 7.42. The van der Waals surface area contributed by atoms with Crippen LogP contribution in [0, 0.1) is 0 Å². The molecule has 2 aliphatic rings. The highest BCUT2D eigenvalue weighted by atomic mass is 79.9. The number of ether oxygens (including phenoxy) is 1. The van der Waals surface area contributed by atoms with Crippen molar-refractivity contribution in [2.45, 2.75) is 24.8 Å². The van der Waals surface area contributed by atoms with Gasteiger partial charge in [0.15, 0.2) is 0 Å². The molecule has 2 aliphatic heterocycles. The van der Waals surface area contributed by atoms with Gasteiger partial charge in [0.1, 0.15) is 0 Å². The van der Waals surface area contributed by atoms with Crippen molar-refractivity contribution in [3.63, 3.8) is 0 Å². The van der Waals surface area contributed by atoms with E-state index in [-0.39, 0.29) is 11.4 Å². The van der Waals surface area contributed by atoms with E-state index in [4.69, 9.17) is 4.74 Å². The molecule has 3 rings (SSSR count). The molecule has 0 spiro atoms. The van der Waals surface area contributed by atoms with E-state index >= 15 is 0 Å². The lowest BCUT2D eigenvalue weighted by molar-refractivity contribution is -0.131. The van der Waals surface area contributed by atoms with Crippen LogP contribution in [0.5, 0.6) is 0 Å². The Bertz CT molecular complexity index is 538. The van der Waals surface area contributed by atoms with Crippen molar-refractivity contribution >= 4 is 21.8 Å². The molecule has 2 fully saturated rings. The number of rotatable bonds is 5. The summed E-state index contributed by atoms with van der Waals surface area (Å²) in [6, 6.07) is 8.50. The van der Waals surface area contributed by atoms with Crippen molar-refractivity contribution in [1.29, 1.82) is 0 Å². The van der Waals surface area contributed by atoms with E-state index < -0.39 is 0 Å². The topological polar surface area (TPSA) is 53.6 Å². The standard InChI is InChI=1S/C18H26BrN3O2/c19-16-3-1-15(2-4-16)18(6-13-24-14-7-18)21-8-5-17(23)22-11-9-20-10-12-22/h1-4,20-21H,5-14H2. The largest absolute Gasteiger partial charge is 0.381 e. The van der Waals surface area contributed by atoms with Crippen LogP contribution in [-0.2, 0) is 15.1 Å². The Kier molecular flexibility index (Phi) is 6.27. The summed E-state index contributed by atoms with van der Waals surface area (Å²) in [6.45, 7) is 5.68. The van der Waals surface area contributed by atoms with Crippen LogP contribution in [0.15, 0.2) is 28.7 Å². The number of carbonyl (C=O) groups excluding carboxylic acids is 1. The zero-order valence-corrected chi connectivity index (χ0v) is 15.6. The first-order valence-corrected chi connectivity index (χ1v) is 9.56. The maximum atomic E-state index is 12.4. The molecular formula is C18H26BrN3O2. The van der Waals surface area contributed by atoms with E-state index in [2.05, 4.69) is 50.8 Å². The monoisotopic (exact) mass is 395 g/mol. The second-order valence-electron chi connectivity index (χ2n) is 6.51. The Labute approximate surface area is 152 Å². The van der Waals surface area contributed by atoms with Gasteiger partial charge in [-0.2, -0.15) is 0 Å². The molecule has 6 heteroatoms. The molecule has 0 unspecified atom stereocenters. The predicted octanol–water partition coefficient (Wildman–Crippen LogP) is 1.87. The molecule has 0 bridgehead atoms. The van der Waals surface area contributed by atoms with Gasteiger partial charge in [-0.05, 0) is 30.5 Å². The van der Waals surface area contributed by atoms with E-state index in [0.29, 0.717) is 13.0 Å². The number of hydrogen-bond donors (Lipinski definition) is 2. The summed E-state index contributed by atoms with van der Waals surface area (Å²) < 4.78 is 6.65. The Balaban J connectivity index is 1.60. The minimum Gasteiger partial charge on any atom is -0.381 e. The molecule has 5 nitrogen and oxygen atoms in total. The number of carbonyl (C=O) groups is 1. The van der Waals surface area contributed by atoms with E-state index in [1.807, 2.05) is 4.90 Å². The lowest BCUT2D eigenvalue weighted by Gasteiger charge is -2.39. The fraction of sp³-hybridized carbons (Fsp3) is 0.611. The van der Waals surface area contributed by atoms with Gasteiger partial charge in [-0.15, -0.1) is 0 Å². The van der Waals surface area contributed by atoms with Crippen LogP contribution in [0.25, 0.3) is 0 Å². The highest BCUT2D eigenvalue weighted by Gasteiger charge is 2.34. The molecule has 0 aliphatic carbocycles. The second kappa shape index (κ2) is 8.43.